The van der Waals surface area contributed by atoms with Crippen molar-refractivity contribution >= 4 is 15.9 Å². The van der Waals surface area contributed by atoms with Gasteiger partial charge < -0.3 is 5.32 Å². The number of rotatable bonds is 1. The molecule has 4 heteroatoms. The van der Waals surface area contributed by atoms with Crippen LogP contribution in [0.25, 0.3) is 0 Å². The smallest absolute Gasteiger partial charge is 0.145 e. The molecule has 1 N–H and O–H groups in total. The second-order valence-electron chi connectivity index (χ2n) is 2.91. The summed E-state index contributed by atoms with van der Waals surface area (Å²) in [5.74, 6) is 0.913. The summed E-state index contributed by atoms with van der Waals surface area (Å²) in [6.45, 7) is 1.09. The fourth-order valence-electron chi connectivity index (χ4n) is 1.41. The van der Waals surface area contributed by atoms with E-state index in [1.54, 1.807) is 12.4 Å². The SMILES string of the molecule is Brc1cnc(C2CCCN2)nc1. The van der Waals surface area contributed by atoms with Gasteiger partial charge in [-0.3, -0.25) is 0 Å². The number of hydrogen-bond acceptors (Lipinski definition) is 3. The molecule has 12 heavy (non-hydrogen) atoms. The number of hydrogen-bond donors (Lipinski definition) is 1. The van der Waals surface area contributed by atoms with Crippen molar-refractivity contribution in [1.29, 1.82) is 0 Å². The van der Waals surface area contributed by atoms with Crippen molar-refractivity contribution in [3.8, 4) is 0 Å². The van der Waals surface area contributed by atoms with E-state index in [1.807, 2.05) is 0 Å². The quantitative estimate of drug-likeness (QED) is 0.794. The Morgan fingerprint density at radius 3 is 2.75 bits per heavy atom. The second-order valence-corrected chi connectivity index (χ2v) is 3.82. The molecule has 0 saturated carbocycles. The summed E-state index contributed by atoms with van der Waals surface area (Å²) in [5.41, 5.74) is 0. The molecule has 1 fully saturated rings. The lowest BCUT2D eigenvalue weighted by Crippen LogP contribution is -2.15. The molecule has 1 atom stereocenters. The zero-order chi connectivity index (χ0) is 8.39. The standard InChI is InChI=1S/C8H10BrN3/c9-6-4-11-8(12-5-6)7-2-1-3-10-7/h4-5,7,10H,1-3H2. The first kappa shape index (κ1) is 8.13. The molecule has 0 amide bonds. The maximum atomic E-state index is 4.24. The van der Waals surface area contributed by atoms with Crippen LogP contribution in [0.5, 0.6) is 0 Å². The predicted molar refractivity (Wildman–Crippen MR) is 49.7 cm³/mol. The van der Waals surface area contributed by atoms with Crippen molar-refractivity contribution in [2.45, 2.75) is 18.9 Å². The molecule has 1 saturated heterocycles. The number of nitrogens with zero attached hydrogens (tertiary/aromatic N) is 2. The normalized spacial score (nSPS) is 22.9. The molecule has 1 aliphatic heterocycles. The Morgan fingerprint density at radius 1 is 1.42 bits per heavy atom. The van der Waals surface area contributed by atoms with E-state index in [1.165, 1.54) is 6.42 Å². The zero-order valence-corrected chi connectivity index (χ0v) is 8.21. The highest BCUT2D eigenvalue weighted by Crippen LogP contribution is 2.19. The molecule has 2 rings (SSSR count). The predicted octanol–water partition coefficient (Wildman–Crippen LogP) is 1.66. The highest BCUT2D eigenvalue weighted by atomic mass is 79.9. The third-order valence-electron chi connectivity index (χ3n) is 2.01. The molecule has 1 unspecified atom stereocenters. The molecular weight excluding hydrogens is 218 g/mol. The summed E-state index contributed by atoms with van der Waals surface area (Å²) in [7, 11) is 0. The van der Waals surface area contributed by atoms with Gasteiger partial charge >= 0.3 is 0 Å². The summed E-state index contributed by atoms with van der Waals surface area (Å²) >= 11 is 3.31. The third kappa shape index (κ3) is 1.64. The molecule has 1 aromatic rings. The molecule has 0 spiro atoms. The van der Waals surface area contributed by atoms with Gasteiger partial charge in [0.2, 0.25) is 0 Å². The largest absolute Gasteiger partial charge is 0.307 e. The van der Waals surface area contributed by atoms with Crippen molar-refractivity contribution in [3.63, 3.8) is 0 Å². The summed E-state index contributed by atoms with van der Waals surface area (Å²) in [6, 6.07) is 0.373. The molecule has 0 aromatic carbocycles. The lowest BCUT2D eigenvalue weighted by atomic mass is 10.2. The van der Waals surface area contributed by atoms with Gasteiger partial charge in [0.05, 0.1) is 10.5 Å². The minimum atomic E-state index is 0.373. The molecule has 0 radical (unpaired) electrons. The van der Waals surface area contributed by atoms with Crippen molar-refractivity contribution in [1.82, 2.24) is 15.3 Å². The Labute approximate surface area is 79.7 Å². The molecule has 1 aromatic heterocycles. The first-order chi connectivity index (χ1) is 5.86. The van der Waals surface area contributed by atoms with E-state index in [2.05, 4.69) is 31.2 Å². The van der Waals surface area contributed by atoms with Gasteiger partial charge in [-0.25, -0.2) is 9.97 Å². The van der Waals surface area contributed by atoms with Crippen LogP contribution in [0.2, 0.25) is 0 Å². The van der Waals surface area contributed by atoms with Crippen LogP contribution in [0, 0.1) is 0 Å². The van der Waals surface area contributed by atoms with Crippen molar-refractivity contribution < 1.29 is 0 Å². The average Bonchev–Trinajstić information content (AvgIpc) is 2.58. The first-order valence-corrected chi connectivity index (χ1v) is 4.86. The van der Waals surface area contributed by atoms with Crippen LogP contribution in [0.1, 0.15) is 24.7 Å². The van der Waals surface area contributed by atoms with Gasteiger partial charge in [-0.1, -0.05) is 0 Å². The topological polar surface area (TPSA) is 37.8 Å². The molecule has 3 nitrogen and oxygen atoms in total. The fraction of sp³-hybridized carbons (Fsp3) is 0.500. The Hall–Kier alpha value is -0.480. The number of halogens is 1. The van der Waals surface area contributed by atoms with Crippen LogP contribution in [-0.2, 0) is 0 Å². The fourth-order valence-corrected chi connectivity index (χ4v) is 1.61. The molecule has 0 aliphatic carbocycles. The van der Waals surface area contributed by atoms with E-state index in [4.69, 9.17) is 0 Å². The zero-order valence-electron chi connectivity index (χ0n) is 6.63. The Kier molecular flexibility index (Phi) is 2.37. The molecule has 1 aliphatic rings. The minimum Gasteiger partial charge on any atom is -0.307 e. The minimum absolute atomic E-state index is 0.373. The van der Waals surface area contributed by atoms with Gasteiger partial charge in [-0.15, -0.1) is 0 Å². The van der Waals surface area contributed by atoms with Crippen LogP contribution in [0.15, 0.2) is 16.9 Å². The van der Waals surface area contributed by atoms with Crippen LogP contribution in [0.4, 0.5) is 0 Å². The van der Waals surface area contributed by atoms with Crippen LogP contribution < -0.4 is 5.32 Å². The number of aromatic nitrogens is 2. The second kappa shape index (κ2) is 3.49. The Bertz CT molecular complexity index is 254. The third-order valence-corrected chi connectivity index (χ3v) is 2.42. The van der Waals surface area contributed by atoms with Gasteiger partial charge in [0.15, 0.2) is 0 Å². The maximum Gasteiger partial charge on any atom is 0.145 e. The van der Waals surface area contributed by atoms with Crippen LogP contribution >= 0.6 is 15.9 Å². The van der Waals surface area contributed by atoms with E-state index in [9.17, 15) is 0 Å². The average molecular weight is 228 g/mol. The highest BCUT2D eigenvalue weighted by molar-refractivity contribution is 9.10. The highest BCUT2D eigenvalue weighted by Gasteiger charge is 2.17. The van der Waals surface area contributed by atoms with E-state index in [0.717, 1.165) is 23.3 Å². The van der Waals surface area contributed by atoms with Crippen LogP contribution in [0.3, 0.4) is 0 Å². The van der Waals surface area contributed by atoms with Crippen LogP contribution in [-0.4, -0.2) is 16.5 Å². The van der Waals surface area contributed by atoms with E-state index in [-0.39, 0.29) is 0 Å². The number of nitrogens with one attached hydrogen (secondary N) is 1. The van der Waals surface area contributed by atoms with Gasteiger partial charge in [0, 0.05) is 12.4 Å². The van der Waals surface area contributed by atoms with Crippen molar-refractivity contribution in [2.24, 2.45) is 0 Å². The Morgan fingerprint density at radius 2 is 2.17 bits per heavy atom. The van der Waals surface area contributed by atoms with Gasteiger partial charge in [0.1, 0.15) is 5.82 Å². The summed E-state index contributed by atoms with van der Waals surface area (Å²) in [5, 5.41) is 3.35. The van der Waals surface area contributed by atoms with Gasteiger partial charge in [0.25, 0.3) is 0 Å². The lowest BCUT2D eigenvalue weighted by molar-refractivity contribution is 0.604. The Balaban J connectivity index is 2.17. The first-order valence-electron chi connectivity index (χ1n) is 4.07. The molecule has 0 bridgehead atoms. The van der Waals surface area contributed by atoms with E-state index >= 15 is 0 Å². The van der Waals surface area contributed by atoms with Crippen molar-refractivity contribution in [3.05, 3.63) is 22.7 Å². The lowest BCUT2D eigenvalue weighted by Gasteiger charge is -2.06. The van der Waals surface area contributed by atoms with Gasteiger partial charge in [-0.05, 0) is 35.3 Å². The maximum absolute atomic E-state index is 4.24. The van der Waals surface area contributed by atoms with Gasteiger partial charge in [-0.2, -0.15) is 0 Å². The molecule has 2 heterocycles. The summed E-state index contributed by atoms with van der Waals surface area (Å²) in [6.07, 6.45) is 5.97. The monoisotopic (exact) mass is 227 g/mol. The molecular formula is C8H10BrN3. The van der Waals surface area contributed by atoms with E-state index < -0.39 is 0 Å². The molecule has 64 valence electrons. The van der Waals surface area contributed by atoms with E-state index in [0.29, 0.717) is 6.04 Å². The summed E-state index contributed by atoms with van der Waals surface area (Å²) in [4.78, 5) is 8.48. The van der Waals surface area contributed by atoms with Crippen molar-refractivity contribution in [2.75, 3.05) is 6.54 Å². The summed E-state index contributed by atoms with van der Waals surface area (Å²) < 4.78 is 0.934.